The summed E-state index contributed by atoms with van der Waals surface area (Å²) in [6, 6.07) is 5.32. The summed E-state index contributed by atoms with van der Waals surface area (Å²) in [5.41, 5.74) is -0.0471. The summed E-state index contributed by atoms with van der Waals surface area (Å²) in [4.78, 5) is 19.1. The standard InChI is InChI=1S/C14H7ClF2N2O/c15-9-3-4-10(16)11(12(9)17)13(20)8-6-19-14-7(8)2-1-5-18-14/h1-6H,(H,18,19). The minimum absolute atomic E-state index is 0.146. The van der Waals surface area contributed by atoms with E-state index in [9.17, 15) is 13.6 Å². The highest BCUT2D eigenvalue weighted by Gasteiger charge is 2.23. The molecule has 20 heavy (non-hydrogen) atoms. The maximum Gasteiger partial charge on any atom is 0.201 e. The van der Waals surface area contributed by atoms with Crippen LogP contribution < -0.4 is 0 Å². The van der Waals surface area contributed by atoms with E-state index >= 15 is 0 Å². The fraction of sp³-hybridized carbons (Fsp3) is 0. The Kier molecular flexibility index (Phi) is 2.99. The number of aromatic amines is 1. The zero-order valence-electron chi connectivity index (χ0n) is 9.95. The summed E-state index contributed by atoms with van der Waals surface area (Å²) in [6.45, 7) is 0. The molecule has 3 aromatic rings. The van der Waals surface area contributed by atoms with Crippen molar-refractivity contribution in [3.05, 3.63) is 64.4 Å². The van der Waals surface area contributed by atoms with Crippen molar-refractivity contribution in [2.24, 2.45) is 0 Å². The molecule has 2 aromatic heterocycles. The summed E-state index contributed by atoms with van der Waals surface area (Å²) in [5, 5.41) is 0.198. The first-order valence-electron chi connectivity index (χ1n) is 5.70. The van der Waals surface area contributed by atoms with Crippen molar-refractivity contribution in [2.75, 3.05) is 0 Å². The average molecular weight is 293 g/mol. The minimum Gasteiger partial charge on any atom is -0.345 e. The van der Waals surface area contributed by atoms with Crippen LogP contribution in [0.25, 0.3) is 11.0 Å². The van der Waals surface area contributed by atoms with Gasteiger partial charge in [0.1, 0.15) is 11.5 Å². The Hall–Kier alpha value is -2.27. The molecule has 6 heteroatoms. The zero-order chi connectivity index (χ0) is 14.3. The number of aromatic nitrogens is 2. The molecule has 100 valence electrons. The molecule has 0 aliphatic carbocycles. The minimum atomic E-state index is -1.06. The van der Waals surface area contributed by atoms with Gasteiger partial charge in [0.15, 0.2) is 5.82 Å². The van der Waals surface area contributed by atoms with Gasteiger partial charge < -0.3 is 4.98 Å². The highest BCUT2D eigenvalue weighted by atomic mass is 35.5. The third-order valence-electron chi connectivity index (χ3n) is 2.97. The van der Waals surface area contributed by atoms with Crippen LogP contribution in [-0.4, -0.2) is 15.8 Å². The van der Waals surface area contributed by atoms with Gasteiger partial charge in [0.25, 0.3) is 0 Å². The molecule has 0 radical (unpaired) electrons. The molecule has 0 atom stereocenters. The fourth-order valence-electron chi connectivity index (χ4n) is 2.01. The SMILES string of the molecule is O=C(c1c(F)ccc(Cl)c1F)c1c[nH]c2ncccc12. The summed E-state index contributed by atoms with van der Waals surface area (Å²) in [5.74, 6) is -2.79. The Morgan fingerprint density at radius 1 is 1.25 bits per heavy atom. The fourth-order valence-corrected chi connectivity index (χ4v) is 2.17. The number of nitrogens with zero attached hydrogens (tertiary/aromatic N) is 1. The molecule has 3 rings (SSSR count). The molecule has 2 heterocycles. The Morgan fingerprint density at radius 2 is 2.05 bits per heavy atom. The first-order valence-corrected chi connectivity index (χ1v) is 6.07. The molecule has 0 spiro atoms. The molecule has 0 unspecified atom stereocenters. The lowest BCUT2D eigenvalue weighted by Crippen LogP contribution is -2.07. The molecule has 0 fully saturated rings. The van der Waals surface area contributed by atoms with Gasteiger partial charge in [-0.15, -0.1) is 0 Å². The number of nitrogens with one attached hydrogen (secondary N) is 1. The molecule has 0 saturated heterocycles. The van der Waals surface area contributed by atoms with E-state index in [2.05, 4.69) is 9.97 Å². The van der Waals surface area contributed by atoms with Gasteiger partial charge in [-0.3, -0.25) is 4.79 Å². The summed E-state index contributed by atoms with van der Waals surface area (Å²) in [7, 11) is 0. The molecule has 1 N–H and O–H groups in total. The molecule has 0 saturated carbocycles. The molecule has 0 aliphatic heterocycles. The number of rotatable bonds is 2. The molecule has 0 amide bonds. The van der Waals surface area contributed by atoms with Crippen LogP contribution in [0.15, 0.2) is 36.7 Å². The van der Waals surface area contributed by atoms with E-state index in [1.807, 2.05) is 0 Å². The largest absolute Gasteiger partial charge is 0.345 e. The lowest BCUT2D eigenvalue weighted by molar-refractivity contribution is 0.103. The highest BCUT2D eigenvalue weighted by Crippen LogP contribution is 2.26. The monoisotopic (exact) mass is 292 g/mol. The van der Waals surface area contributed by atoms with Gasteiger partial charge in [0.05, 0.1) is 10.6 Å². The Bertz CT molecular complexity index is 829. The average Bonchev–Trinajstić information content (AvgIpc) is 2.87. The Labute approximate surface area is 117 Å². The van der Waals surface area contributed by atoms with Crippen LogP contribution in [0.1, 0.15) is 15.9 Å². The Balaban J connectivity index is 2.21. The van der Waals surface area contributed by atoms with E-state index in [1.165, 1.54) is 6.20 Å². The molecule has 0 aliphatic rings. The van der Waals surface area contributed by atoms with Crippen LogP contribution in [0, 0.1) is 11.6 Å². The van der Waals surface area contributed by atoms with Crippen molar-refractivity contribution < 1.29 is 13.6 Å². The van der Waals surface area contributed by atoms with Crippen LogP contribution in [0.3, 0.4) is 0 Å². The van der Waals surface area contributed by atoms with Crippen LogP contribution in [-0.2, 0) is 0 Å². The first kappa shape index (κ1) is 12.7. The van der Waals surface area contributed by atoms with E-state index in [-0.39, 0.29) is 10.6 Å². The van der Waals surface area contributed by atoms with Gasteiger partial charge in [-0.25, -0.2) is 13.8 Å². The van der Waals surface area contributed by atoms with Crippen molar-refractivity contribution in [3.63, 3.8) is 0 Å². The lowest BCUT2D eigenvalue weighted by Gasteiger charge is -2.04. The normalized spacial score (nSPS) is 10.9. The van der Waals surface area contributed by atoms with Crippen LogP contribution in [0.4, 0.5) is 8.78 Å². The maximum absolute atomic E-state index is 13.9. The maximum atomic E-state index is 13.9. The van der Waals surface area contributed by atoms with Crippen LogP contribution >= 0.6 is 11.6 Å². The smallest absolute Gasteiger partial charge is 0.201 e. The van der Waals surface area contributed by atoms with Crippen molar-refractivity contribution in [3.8, 4) is 0 Å². The van der Waals surface area contributed by atoms with Crippen molar-refractivity contribution >= 4 is 28.4 Å². The molecular formula is C14H7ClF2N2O. The van der Waals surface area contributed by atoms with Crippen molar-refractivity contribution in [1.29, 1.82) is 0 Å². The number of hydrogen-bond acceptors (Lipinski definition) is 2. The molecule has 1 aromatic carbocycles. The van der Waals surface area contributed by atoms with Crippen molar-refractivity contribution in [2.45, 2.75) is 0 Å². The second-order valence-corrected chi connectivity index (χ2v) is 4.56. The Morgan fingerprint density at radius 3 is 2.85 bits per heavy atom. The van der Waals surface area contributed by atoms with Gasteiger partial charge in [-0.2, -0.15) is 0 Å². The first-order chi connectivity index (χ1) is 9.59. The van der Waals surface area contributed by atoms with Crippen molar-refractivity contribution in [1.82, 2.24) is 9.97 Å². The number of carbonyl (C=O) groups is 1. The summed E-state index contributed by atoms with van der Waals surface area (Å²) < 4.78 is 27.6. The number of carbonyl (C=O) groups excluding carboxylic acids is 1. The highest BCUT2D eigenvalue weighted by molar-refractivity contribution is 6.31. The van der Waals surface area contributed by atoms with E-state index < -0.39 is 23.0 Å². The second kappa shape index (κ2) is 4.68. The predicted octanol–water partition coefficient (Wildman–Crippen LogP) is 3.73. The van der Waals surface area contributed by atoms with E-state index in [1.54, 1.807) is 18.3 Å². The van der Waals surface area contributed by atoms with E-state index in [0.29, 0.717) is 11.0 Å². The topological polar surface area (TPSA) is 45.8 Å². The lowest BCUT2D eigenvalue weighted by atomic mass is 10.0. The van der Waals surface area contributed by atoms with Gasteiger partial charge in [0, 0.05) is 23.3 Å². The number of pyridine rings is 1. The predicted molar refractivity (Wildman–Crippen MR) is 70.9 cm³/mol. The number of halogens is 3. The third-order valence-corrected chi connectivity index (χ3v) is 3.26. The van der Waals surface area contributed by atoms with Gasteiger partial charge in [-0.05, 0) is 24.3 Å². The van der Waals surface area contributed by atoms with E-state index in [0.717, 1.165) is 12.1 Å². The molecule has 0 bridgehead atoms. The molecule has 3 nitrogen and oxygen atoms in total. The number of ketones is 1. The number of fused-ring (bicyclic) bond motifs is 1. The molecular weight excluding hydrogens is 286 g/mol. The number of benzene rings is 1. The number of H-pyrrole nitrogens is 1. The van der Waals surface area contributed by atoms with Gasteiger partial charge >= 0.3 is 0 Å². The number of hydrogen-bond donors (Lipinski definition) is 1. The van der Waals surface area contributed by atoms with Crippen LogP contribution in [0.2, 0.25) is 5.02 Å². The van der Waals surface area contributed by atoms with Gasteiger partial charge in [0.2, 0.25) is 5.78 Å². The second-order valence-electron chi connectivity index (χ2n) is 4.15. The summed E-state index contributed by atoms with van der Waals surface area (Å²) in [6.07, 6.45) is 2.92. The quantitative estimate of drug-likeness (QED) is 0.578. The summed E-state index contributed by atoms with van der Waals surface area (Å²) >= 11 is 5.60. The van der Waals surface area contributed by atoms with E-state index in [4.69, 9.17) is 11.6 Å². The third kappa shape index (κ3) is 1.87. The van der Waals surface area contributed by atoms with Crippen LogP contribution in [0.5, 0.6) is 0 Å². The van der Waals surface area contributed by atoms with Gasteiger partial charge in [-0.1, -0.05) is 11.6 Å². The zero-order valence-corrected chi connectivity index (χ0v) is 10.7.